The van der Waals surface area contributed by atoms with Crippen LogP contribution >= 0.6 is 0 Å². The Morgan fingerprint density at radius 2 is 1.88 bits per heavy atom. The van der Waals surface area contributed by atoms with Crippen molar-refractivity contribution in [2.75, 3.05) is 0 Å². The second-order valence-corrected chi connectivity index (χ2v) is 8.73. The van der Waals surface area contributed by atoms with E-state index in [-0.39, 0.29) is 5.88 Å². The van der Waals surface area contributed by atoms with Gasteiger partial charge < -0.3 is 15.0 Å². The normalized spacial score (nSPS) is 15.6. The summed E-state index contributed by atoms with van der Waals surface area (Å²) in [6.45, 7) is 6.09. The molecule has 9 nitrogen and oxygen atoms in total. The molecule has 1 atom stereocenters. The summed E-state index contributed by atoms with van der Waals surface area (Å²) in [4.78, 5) is 12.5. The van der Waals surface area contributed by atoms with Gasteiger partial charge in [-0.3, -0.25) is 0 Å². The average molecular weight is 438 g/mol. The summed E-state index contributed by atoms with van der Waals surface area (Å²) in [5, 5.41) is 14.9. The van der Waals surface area contributed by atoms with E-state index >= 15 is 0 Å². The lowest BCUT2D eigenvalue weighted by Gasteiger charge is -2.28. The van der Waals surface area contributed by atoms with Gasteiger partial charge in [0.1, 0.15) is 23.7 Å². The van der Waals surface area contributed by atoms with Gasteiger partial charge in [0.05, 0.1) is 29.0 Å². The van der Waals surface area contributed by atoms with E-state index in [0.29, 0.717) is 22.8 Å². The molecule has 9 heteroatoms. The number of allylic oxidation sites excluding steroid dienone is 1. The highest BCUT2D eigenvalue weighted by atomic mass is 16.5. The van der Waals surface area contributed by atoms with Crippen LogP contribution in [0.2, 0.25) is 0 Å². The Hall–Kier alpha value is -4.45. The molecule has 33 heavy (non-hydrogen) atoms. The largest absolute Gasteiger partial charge is 0.422 e. The Morgan fingerprint density at radius 3 is 2.48 bits per heavy atom. The number of rotatable bonds is 3. The first-order valence-corrected chi connectivity index (χ1v) is 10.4. The van der Waals surface area contributed by atoms with E-state index < -0.39 is 11.5 Å². The third-order valence-electron chi connectivity index (χ3n) is 5.54. The molecule has 0 bridgehead atoms. The van der Waals surface area contributed by atoms with Gasteiger partial charge in [0.25, 0.3) is 0 Å². The van der Waals surface area contributed by atoms with E-state index in [2.05, 4.69) is 21.0 Å². The molecule has 0 radical (unpaired) electrons. The first kappa shape index (κ1) is 20.5. The SMILES string of the molecule is CC(C)(C)n1nc(-c2ccncn2)c2c1OC(N)=C(C#N)C2c1ccc(-n2ccnc2)cc1. The van der Waals surface area contributed by atoms with E-state index in [9.17, 15) is 5.26 Å². The van der Waals surface area contributed by atoms with Crippen molar-refractivity contribution in [3.05, 3.63) is 84.2 Å². The highest BCUT2D eigenvalue weighted by molar-refractivity contribution is 5.69. The average Bonchev–Trinajstić information content (AvgIpc) is 3.47. The van der Waals surface area contributed by atoms with Crippen molar-refractivity contribution in [3.63, 3.8) is 0 Å². The van der Waals surface area contributed by atoms with Crippen LogP contribution in [0.15, 0.2) is 73.0 Å². The van der Waals surface area contributed by atoms with E-state index in [0.717, 1.165) is 16.8 Å². The number of nitrogens with two attached hydrogens (primary N) is 1. The minimum absolute atomic E-state index is 0.0772. The van der Waals surface area contributed by atoms with Gasteiger partial charge >= 0.3 is 0 Å². The van der Waals surface area contributed by atoms with Crippen molar-refractivity contribution in [3.8, 4) is 29.0 Å². The molecule has 164 valence electrons. The van der Waals surface area contributed by atoms with Gasteiger partial charge in [-0.05, 0) is 44.5 Å². The Labute approximate surface area is 190 Å². The smallest absolute Gasteiger partial charge is 0.225 e. The summed E-state index contributed by atoms with van der Waals surface area (Å²) in [5.41, 5.74) is 10.1. The third kappa shape index (κ3) is 3.42. The number of aromatic nitrogens is 6. The minimum atomic E-state index is -0.461. The topological polar surface area (TPSA) is 120 Å². The molecular formula is C24H22N8O. The van der Waals surface area contributed by atoms with E-state index in [1.54, 1.807) is 29.5 Å². The Kier molecular flexibility index (Phi) is 4.71. The molecule has 0 amide bonds. The van der Waals surface area contributed by atoms with Crippen LogP contribution in [0.4, 0.5) is 0 Å². The predicted octanol–water partition coefficient (Wildman–Crippen LogP) is 3.50. The van der Waals surface area contributed by atoms with Crippen molar-refractivity contribution < 1.29 is 4.74 Å². The standard InChI is InChI=1S/C24H22N8O/c1-24(2,3)32-23-20(21(30-32)18-8-9-27-13-29-18)19(17(12-25)22(26)33-23)15-4-6-16(7-5-15)31-11-10-28-14-31/h4-11,13-14,19H,26H2,1-3H3. The molecule has 1 aromatic carbocycles. The first-order chi connectivity index (χ1) is 15.9. The number of hydrogen-bond acceptors (Lipinski definition) is 7. The second-order valence-electron chi connectivity index (χ2n) is 8.73. The van der Waals surface area contributed by atoms with Crippen molar-refractivity contribution in [2.45, 2.75) is 32.2 Å². The lowest BCUT2D eigenvalue weighted by molar-refractivity contribution is 0.278. The zero-order chi connectivity index (χ0) is 23.2. The molecule has 1 aliphatic heterocycles. The van der Waals surface area contributed by atoms with Gasteiger partial charge in [-0.1, -0.05) is 12.1 Å². The van der Waals surface area contributed by atoms with Crippen LogP contribution in [-0.2, 0) is 5.54 Å². The maximum Gasteiger partial charge on any atom is 0.225 e. The van der Waals surface area contributed by atoms with Crippen LogP contribution in [-0.4, -0.2) is 29.3 Å². The fourth-order valence-electron chi connectivity index (χ4n) is 4.00. The van der Waals surface area contributed by atoms with Crippen molar-refractivity contribution in [1.29, 1.82) is 5.26 Å². The van der Waals surface area contributed by atoms with Gasteiger partial charge in [0.15, 0.2) is 0 Å². The van der Waals surface area contributed by atoms with E-state index in [1.165, 1.54) is 6.33 Å². The van der Waals surface area contributed by atoms with Crippen molar-refractivity contribution in [1.82, 2.24) is 29.3 Å². The predicted molar refractivity (Wildman–Crippen MR) is 121 cm³/mol. The lowest BCUT2D eigenvalue weighted by Crippen LogP contribution is -2.27. The minimum Gasteiger partial charge on any atom is -0.422 e. The van der Waals surface area contributed by atoms with Gasteiger partial charge in [0, 0.05) is 24.3 Å². The fourth-order valence-corrected chi connectivity index (χ4v) is 4.00. The molecule has 0 saturated heterocycles. The van der Waals surface area contributed by atoms with Gasteiger partial charge in [-0.25, -0.2) is 19.6 Å². The third-order valence-corrected chi connectivity index (χ3v) is 5.54. The van der Waals surface area contributed by atoms with Gasteiger partial charge in [-0.15, -0.1) is 0 Å². The number of nitriles is 1. The number of hydrogen-bond donors (Lipinski definition) is 1. The van der Waals surface area contributed by atoms with Gasteiger partial charge in [-0.2, -0.15) is 10.4 Å². The Morgan fingerprint density at radius 1 is 1.09 bits per heavy atom. The number of fused-ring (bicyclic) bond motifs is 1. The summed E-state index contributed by atoms with van der Waals surface area (Å²) < 4.78 is 9.72. The number of ether oxygens (including phenoxy) is 1. The maximum atomic E-state index is 10.0. The molecule has 1 aliphatic rings. The highest BCUT2D eigenvalue weighted by Crippen LogP contribution is 2.47. The molecule has 0 aliphatic carbocycles. The highest BCUT2D eigenvalue weighted by Gasteiger charge is 2.39. The molecular weight excluding hydrogens is 416 g/mol. The Bertz CT molecular complexity index is 1370. The molecule has 0 spiro atoms. The monoisotopic (exact) mass is 438 g/mol. The quantitative estimate of drug-likeness (QED) is 0.520. The van der Waals surface area contributed by atoms with E-state index in [1.807, 2.05) is 55.8 Å². The number of nitrogens with zero attached hydrogens (tertiary/aromatic N) is 7. The summed E-state index contributed by atoms with van der Waals surface area (Å²) in [6, 6.07) is 12.0. The summed E-state index contributed by atoms with van der Waals surface area (Å²) in [5.74, 6) is 0.126. The zero-order valence-electron chi connectivity index (χ0n) is 18.5. The van der Waals surface area contributed by atoms with Crippen LogP contribution in [0.5, 0.6) is 5.88 Å². The maximum absolute atomic E-state index is 10.0. The summed E-state index contributed by atoms with van der Waals surface area (Å²) in [7, 11) is 0. The molecule has 1 unspecified atom stereocenters. The molecule has 2 N–H and O–H groups in total. The Balaban J connectivity index is 1.74. The fraction of sp³-hybridized carbons (Fsp3) is 0.208. The number of imidazole rings is 1. The van der Waals surface area contributed by atoms with Crippen LogP contribution in [0.3, 0.4) is 0 Å². The zero-order valence-corrected chi connectivity index (χ0v) is 18.5. The van der Waals surface area contributed by atoms with Crippen molar-refractivity contribution in [2.24, 2.45) is 5.73 Å². The van der Waals surface area contributed by atoms with Crippen LogP contribution < -0.4 is 10.5 Å². The van der Waals surface area contributed by atoms with Crippen molar-refractivity contribution >= 4 is 0 Å². The summed E-state index contributed by atoms with van der Waals surface area (Å²) in [6.07, 6.45) is 8.48. The first-order valence-electron chi connectivity index (χ1n) is 10.4. The summed E-state index contributed by atoms with van der Waals surface area (Å²) >= 11 is 0. The molecule has 0 saturated carbocycles. The lowest BCUT2D eigenvalue weighted by atomic mass is 9.83. The molecule has 0 fully saturated rings. The molecule has 4 aromatic rings. The van der Waals surface area contributed by atoms with Gasteiger partial charge in [0.2, 0.25) is 11.8 Å². The van der Waals surface area contributed by atoms with E-state index in [4.69, 9.17) is 15.6 Å². The second kappa shape index (κ2) is 7.60. The molecule has 4 heterocycles. The van der Waals surface area contributed by atoms with Crippen LogP contribution in [0, 0.1) is 11.3 Å². The molecule has 5 rings (SSSR count). The number of benzene rings is 1. The van der Waals surface area contributed by atoms with Crippen LogP contribution in [0.25, 0.3) is 17.1 Å². The van der Waals surface area contributed by atoms with Crippen LogP contribution in [0.1, 0.15) is 37.8 Å². The molecule has 3 aromatic heterocycles.